The zero-order valence-electron chi connectivity index (χ0n) is 10.6. The lowest BCUT2D eigenvalue weighted by molar-refractivity contribution is -0.131. The standard InChI is InChI=1S/C16H13NO3/c18-15(10-11-16(19)20)17-14-8-6-13(7-9-14)12-4-2-1-3-5-12/h1-11H,(H,17,18)(H,19,20)/b11-10+. The van der Waals surface area contributed by atoms with E-state index in [1.54, 1.807) is 12.1 Å². The van der Waals surface area contributed by atoms with Crippen molar-refractivity contribution in [3.8, 4) is 11.1 Å². The molecule has 2 aromatic rings. The van der Waals surface area contributed by atoms with Crippen molar-refractivity contribution in [2.75, 3.05) is 5.32 Å². The Morgan fingerprint density at radius 2 is 1.45 bits per heavy atom. The van der Waals surface area contributed by atoms with Gasteiger partial charge in [-0.1, -0.05) is 42.5 Å². The van der Waals surface area contributed by atoms with Gasteiger partial charge in [0.25, 0.3) is 0 Å². The summed E-state index contributed by atoms with van der Waals surface area (Å²) >= 11 is 0. The molecule has 2 aromatic carbocycles. The third-order valence-electron chi connectivity index (χ3n) is 2.64. The normalized spacial score (nSPS) is 10.4. The van der Waals surface area contributed by atoms with Crippen molar-refractivity contribution >= 4 is 17.6 Å². The Morgan fingerprint density at radius 1 is 0.850 bits per heavy atom. The van der Waals surface area contributed by atoms with E-state index < -0.39 is 11.9 Å². The average molecular weight is 267 g/mol. The highest BCUT2D eigenvalue weighted by atomic mass is 16.4. The van der Waals surface area contributed by atoms with Gasteiger partial charge in [0, 0.05) is 17.8 Å². The van der Waals surface area contributed by atoms with E-state index in [0.29, 0.717) is 5.69 Å². The fourth-order valence-electron chi connectivity index (χ4n) is 1.71. The van der Waals surface area contributed by atoms with Crippen LogP contribution >= 0.6 is 0 Å². The van der Waals surface area contributed by atoms with E-state index in [1.165, 1.54) is 0 Å². The number of carboxylic acid groups (broad SMARTS) is 1. The molecule has 0 spiro atoms. The second kappa shape index (κ2) is 6.33. The minimum atomic E-state index is -1.15. The highest BCUT2D eigenvalue weighted by Gasteiger charge is 2.00. The van der Waals surface area contributed by atoms with Gasteiger partial charge in [0.05, 0.1) is 0 Å². The molecular weight excluding hydrogens is 254 g/mol. The van der Waals surface area contributed by atoms with Crippen LogP contribution in [0.1, 0.15) is 0 Å². The summed E-state index contributed by atoms with van der Waals surface area (Å²) < 4.78 is 0. The number of hydrogen-bond donors (Lipinski definition) is 2. The zero-order chi connectivity index (χ0) is 14.4. The Labute approximate surface area is 116 Å². The number of carbonyl (C=O) groups excluding carboxylic acids is 1. The van der Waals surface area contributed by atoms with Gasteiger partial charge in [0.2, 0.25) is 5.91 Å². The molecule has 0 heterocycles. The Kier molecular flexibility index (Phi) is 4.29. The molecular formula is C16H13NO3. The lowest BCUT2D eigenvalue weighted by Crippen LogP contribution is -2.08. The van der Waals surface area contributed by atoms with Crippen molar-refractivity contribution in [2.45, 2.75) is 0 Å². The number of carboxylic acids is 1. The van der Waals surface area contributed by atoms with Crippen LogP contribution in [0.25, 0.3) is 11.1 Å². The summed E-state index contributed by atoms with van der Waals surface area (Å²) in [6.07, 6.45) is 1.78. The number of nitrogens with one attached hydrogen (secondary N) is 1. The number of carbonyl (C=O) groups is 2. The topological polar surface area (TPSA) is 66.4 Å². The Balaban J connectivity index is 2.06. The van der Waals surface area contributed by atoms with Gasteiger partial charge in [-0.25, -0.2) is 4.79 Å². The molecule has 0 bridgehead atoms. The summed E-state index contributed by atoms with van der Waals surface area (Å²) in [6, 6.07) is 17.2. The molecule has 0 unspecified atom stereocenters. The highest BCUT2D eigenvalue weighted by Crippen LogP contribution is 2.20. The van der Waals surface area contributed by atoms with Gasteiger partial charge in [-0.15, -0.1) is 0 Å². The quantitative estimate of drug-likeness (QED) is 0.837. The molecule has 2 rings (SSSR count). The number of anilines is 1. The molecule has 0 aliphatic heterocycles. The lowest BCUT2D eigenvalue weighted by Gasteiger charge is -2.05. The molecule has 0 aliphatic rings. The van der Waals surface area contributed by atoms with Crippen molar-refractivity contribution in [1.29, 1.82) is 0 Å². The molecule has 0 aromatic heterocycles. The van der Waals surface area contributed by atoms with Gasteiger partial charge in [0.1, 0.15) is 0 Å². The largest absolute Gasteiger partial charge is 0.478 e. The van der Waals surface area contributed by atoms with Gasteiger partial charge in [-0.05, 0) is 23.3 Å². The van der Waals surface area contributed by atoms with Gasteiger partial charge in [-0.3, -0.25) is 4.79 Å². The van der Waals surface area contributed by atoms with Gasteiger partial charge < -0.3 is 10.4 Å². The monoisotopic (exact) mass is 267 g/mol. The molecule has 0 saturated heterocycles. The van der Waals surface area contributed by atoms with Crippen molar-refractivity contribution in [1.82, 2.24) is 0 Å². The number of aliphatic carboxylic acids is 1. The Morgan fingerprint density at radius 3 is 2.05 bits per heavy atom. The summed E-state index contributed by atoms with van der Waals surface area (Å²) in [5.41, 5.74) is 2.76. The fourth-order valence-corrected chi connectivity index (χ4v) is 1.71. The molecule has 0 atom stereocenters. The van der Waals surface area contributed by atoms with E-state index in [1.807, 2.05) is 42.5 Å². The van der Waals surface area contributed by atoms with Gasteiger partial charge >= 0.3 is 5.97 Å². The van der Waals surface area contributed by atoms with E-state index in [2.05, 4.69) is 5.32 Å². The summed E-state index contributed by atoms with van der Waals surface area (Å²) in [5.74, 6) is -1.63. The number of amides is 1. The first-order valence-corrected chi connectivity index (χ1v) is 6.02. The first-order chi connectivity index (χ1) is 9.65. The Hall–Kier alpha value is -2.88. The first-order valence-electron chi connectivity index (χ1n) is 6.02. The summed E-state index contributed by atoms with van der Waals surface area (Å²) in [7, 11) is 0. The molecule has 4 nitrogen and oxygen atoms in total. The number of rotatable bonds is 4. The van der Waals surface area contributed by atoms with Crippen LogP contribution in [0.3, 0.4) is 0 Å². The molecule has 0 radical (unpaired) electrons. The summed E-state index contributed by atoms with van der Waals surface area (Å²) in [5, 5.41) is 11.0. The maximum absolute atomic E-state index is 11.4. The van der Waals surface area contributed by atoms with Crippen LogP contribution in [0.15, 0.2) is 66.7 Å². The van der Waals surface area contributed by atoms with E-state index in [4.69, 9.17) is 5.11 Å². The molecule has 0 aliphatic carbocycles. The number of benzene rings is 2. The molecule has 100 valence electrons. The highest BCUT2D eigenvalue weighted by molar-refractivity contribution is 6.02. The van der Waals surface area contributed by atoms with E-state index in [9.17, 15) is 9.59 Å². The van der Waals surface area contributed by atoms with Crippen molar-refractivity contribution in [3.05, 3.63) is 66.7 Å². The van der Waals surface area contributed by atoms with Crippen molar-refractivity contribution in [2.24, 2.45) is 0 Å². The van der Waals surface area contributed by atoms with Gasteiger partial charge in [0.15, 0.2) is 0 Å². The molecule has 4 heteroatoms. The van der Waals surface area contributed by atoms with Gasteiger partial charge in [-0.2, -0.15) is 0 Å². The van der Waals surface area contributed by atoms with Crippen LogP contribution in [0.2, 0.25) is 0 Å². The summed E-state index contributed by atoms with van der Waals surface area (Å²) in [6.45, 7) is 0. The summed E-state index contributed by atoms with van der Waals surface area (Å²) in [4.78, 5) is 21.7. The van der Waals surface area contributed by atoms with Crippen LogP contribution < -0.4 is 5.32 Å². The number of hydrogen-bond acceptors (Lipinski definition) is 2. The van der Waals surface area contributed by atoms with Crippen LogP contribution in [0.4, 0.5) is 5.69 Å². The second-order valence-corrected chi connectivity index (χ2v) is 4.10. The van der Waals surface area contributed by atoms with Crippen LogP contribution in [-0.4, -0.2) is 17.0 Å². The Bertz CT molecular complexity index is 631. The molecule has 0 saturated carbocycles. The predicted octanol–water partition coefficient (Wildman–Crippen LogP) is 2.93. The maximum atomic E-state index is 11.4. The molecule has 0 fully saturated rings. The van der Waals surface area contributed by atoms with Crippen LogP contribution in [-0.2, 0) is 9.59 Å². The molecule has 20 heavy (non-hydrogen) atoms. The van der Waals surface area contributed by atoms with Crippen molar-refractivity contribution in [3.63, 3.8) is 0 Å². The predicted molar refractivity (Wildman–Crippen MR) is 77.3 cm³/mol. The smallest absolute Gasteiger partial charge is 0.328 e. The minimum Gasteiger partial charge on any atom is -0.478 e. The molecule has 2 N–H and O–H groups in total. The zero-order valence-corrected chi connectivity index (χ0v) is 10.6. The average Bonchev–Trinajstić information content (AvgIpc) is 2.47. The van der Waals surface area contributed by atoms with Crippen molar-refractivity contribution < 1.29 is 14.7 Å². The van der Waals surface area contributed by atoms with E-state index >= 15 is 0 Å². The SMILES string of the molecule is O=C(O)/C=C/C(=O)Nc1ccc(-c2ccccc2)cc1. The van der Waals surface area contributed by atoms with E-state index in [-0.39, 0.29) is 0 Å². The maximum Gasteiger partial charge on any atom is 0.328 e. The lowest BCUT2D eigenvalue weighted by atomic mass is 10.1. The third kappa shape index (κ3) is 3.81. The second-order valence-electron chi connectivity index (χ2n) is 4.10. The third-order valence-corrected chi connectivity index (χ3v) is 2.64. The van der Waals surface area contributed by atoms with Crippen LogP contribution in [0.5, 0.6) is 0 Å². The van der Waals surface area contributed by atoms with E-state index in [0.717, 1.165) is 23.3 Å². The first kappa shape index (κ1) is 13.5. The minimum absolute atomic E-state index is 0.472. The molecule has 1 amide bonds. The fraction of sp³-hybridized carbons (Fsp3) is 0. The van der Waals surface area contributed by atoms with Crippen LogP contribution in [0, 0.1) is 0 Å².